The summed E-state index contributed by atoms with van der Waals surface area (Å²) >= 11 is 1.38. The summed E-state index contributed by atoms with van der Waals surface area (Å²) < 4.78 is 13.3. The molecule has 0 fully saturated rings. The van der Waals surface area contributed by atoms with Crippen molar-refractivity contribution in [2.75, 3.05) is 0 Å². The van der Waals surface area contributed by atoms with Gasteiger partial charge in [0, 0.05) is 17.3 Å². The van der Waals surface area contributed by atoms with E-state index in [2.05, 4.69) is 36.1 Å². The zero-order valence-corrected chi connectivity index (χ0v) is 16.4. The van der Waals surface area contributed by atoms with Crippen molar-refractivity contribution in [3.63, 3.8) is 0 Å². The number of rotatable bonds is 3. The second kappa shape index (κ2) is 6.76. The Kier molecular flexibility index (Phi) is 4.80. The van der Waals surface area contributed by atoms with Crippen molar-refractivity contribution in [1.29, 1.82) is 0 Å². The Bertz CT molecular complexity index is 989. The SMILES string of the molecule is Cc1nc(C(C)(C)C)nc2sc(C(=O)NCc3cccc(F)c3)c(C)c12. The van der Waals surface area contributed by atoms with Crippen molar-refractivity contribution in [3.8, 4) is 0 Å². The lowest BCUT2D eigenvalue weighted by atomic mass is 9.95. The average Bonchev–Trinajstić information content (AvgIpc) is 2.89. The Morgan fingerprint density at radius 1 is 1.23 bits per heavy atom. The molecule has 0 bridgehead atoms. The third-order valence-electron chi connectivity index (χ3n) is 4.19. The molecule has 0 saturated carbocycles. The van der Waals surface area contributed by atoms with Crippen LogP contribution in [0.15, 0.2) is 24.3 Å². The third-order valence-corrected chi connectivity index (χ3v) is 5.37. The molecule has 0 aliphatic heterocycles. The highest BCUT2D eigenvalue weighted by Crippen LogP contribution is 2.33. The highest BCUT2D eigenvalue weighted by atomic mass is 32.1. The number of amides is 1. The van der Waals surface area contributed by atoms with Gasteiger partial charge in [0.1, 0.15) is 16.5 Å². The fourth-order valence-electron chi connectivity index (χ4n) is 2.80. The summed E-state index contributed by atoms with van der Waals surface area (Å²) in [6.45, 7) is 10.4. The fourth-order valence-corrected chi connectivity index (χ4v) is 3.95. The van der Waals surface area contributed by atoms with Crippen LogP contribution in [-0.2, 0) is 12.0 Å². The van der Waals surface area contributed by atoms with Gasteiger partial charge in [0.05, 0.1) is 10.6 Å². The lowest BCUT2D eigenvalue weighted by molar-refractivity contribution is 0.0954. The normalized spacial score (nSPS) is 11.8. The van der Waals surface area contributed by atoms with Crippen LogP contribution < -0.4 is 5.32 Å². The highest BCUT2D eigenvalue weighted by molar-refractivity contribution is 7.20. The molecule has 0 aliphatic carbocycles. The number of benzene rings is 1. The first-order chi connectivity index (χ1) is 12.2. The Balaban J connectivity index is 1.91. The Labute approximate surface area is 156 Å². The molecule has 1 N–H and O–H groups in total. The zero-order valence-electron chi connectivity index (χ0n) is 15.6. The minimum atomic E-state index is -0.310. The summed E-state index contributed by atoms with van der Waals surface area (Å²) in [6.07, 6.45) is 0. The number of nitrogens with one attached hydrogen (secondary N) is 1. The molecule has 3 rings (SSSR count). The molecular weight excluding hydrogens is 349 g/mol. The van der Waals surface area contributed by atoms with E-state index >= 15 is 0 Å². The lowest BCUT2D eigenvalue weighted by Gasteiger charge is -2.16. The molecule has 136 valence electrons. The van der Waals surface area contributed by atoms with E-state index in [1.54, 1.807) is 12.1 Å². The molecule has 0 aliphatic rings. The maximum atomic E-state index is 13.3. The van der Waals surface area contributed by atoms with E-state index < -0.39 is 0 Å². The minimum absolute atomic E-state index is 0.156. The number of fused-ring (bicyclic) bond motifs is 1. The van der Waals surface area contributed by atoms with Crippen LogP contribution in [0.1, 0.15) is 53.1 Å². The van der Waals surface area contributed by atoms with Gasteiger partial charge in [0.2, 0.25) is 0 Å². The number of carbonyl (C=O) groups is 1. The molecule has 2 heterocycles. The fraction of sp³-hybridized carbons (Fsp3) is 0.350. The molecule has 1 amide bonds. The van der Waals surface area contributed by atoms with Crippen LogP contribution >= 0.6 is 11.3 Å². The largest absolute Gasteiger partial charge is 0.347 e. The van der Waals surface area contributed by atoms with Gasteiger partial charge < -0.3 is 5.32 Å². The summed E-state index contributed by atoms with van der Waals surface area (Å²) in [5, 5.41) is 3.81. The molecule has 4 nitrogen and oxygen atoms in total. The predicted octanol–water partition coefficient (Wildman–Crippen LogP) is 4.67. The van der Waals surface area contributed by atoms with Crippen LogP contribution in [0.4, 0.5) is 4.39 Å². The van der Waals surface area contributed by atoms with E-state index in [0.29, 0.717) is 4.88 Å². The average molecular weight is 371 g/mol. The number of thiophene rings is 1. The molecule has 26 heavy (non-hydrogen) atoms. The second-order valence-electron chi connectivity index (χ2n) is 7.43. The monoisotopic (exact) mass is 371 g/mol. The zero-order chi connectivity index (χ0) is 19.1. The molecule has 6 heteroatoms. The van der Waals surface area contributed by atoms with Crippen molar-refractivity contribution < 1.29 is 9.18 Å². The molecular formula is C20H22FN3OS. The van der Waals surface area contributed by atoms with Gasteiger partial charge >= 0.3 is 0 Å². The van der Waals surface area contributed by atoms with Crippen molar-refractivity contribution >= 4 is 27.5 Å². The van der Waals surface area contributed by atoms with Crippen LogP contribution in [0, 0.1) is 19.7 Å². The topological polar surface area (TPSA) is 54.9 Å². The quantitative estimate of drug-likeness (QED) is 0.728. The van der Waals surface area contributed by atoms with Crippen LogP contribution in [0.25, 0.3) is 10.2 Å². The number of aromatic nitrogens is 2. The van der Waals surface area contributed by atoms with Crippen molar-refractivity contribution in [2.45, 2.75) is 46.6 Å². The maximum Gasteiger partial charge on any atom is 0.261 e. The first-order valence-corrected chi connectivity index (χ1v) is 9.29. The number of carbonyl (C=O) groups excluding carboxylic acids is 1. The molecule has 0 unspecified atom stereocenters. The second-order valence-corrected chi connectivity index (χ2v) is 8.43. The van der Waals surface area contributed by atoms with Crippen molar-refractivity contribution in [1.82, 2.24) is 15.3 Å². The van der Waals surface area contributed by atoms with E-state index in [9.17, 15) is 9.18 Å². The molecule has 0 spiro atoms. The van der Waals surface area contributed by atoms with Crippen molar-refractivity contribution in [2.24, 2.45) is 0 Å². The van der Waals surface area contributed by atoms with Gasteiger partial charge in [-0.05, 0) is 37.1 Å². The third kappa shape index (κ3) is 3.60. The first-order valence-electron chi connectivity index (χ1n) is 8.47. The van der Waals surface area contributed by atoms with Gasteiger partial charge in [0.15, 0.2) is 0 Å². The smallest absolute Gasteiger partial charge is 0.261 e. The van der Waals surface area contributed by atoms with Crippen LogP contribution in [0.5, 0.6) is 0 Å². The summed E-state index contributed by atoms with van der Waals surface area (Å²) in [7, 11) is 0. The Morgan fingerprint density at radius 3 is 2.62 bits per heavy atom. The number of nitrogens with zero attached hydrogens (tertiary/aromatic N) is 2. The first kappa shape index (κ1) is 18.5. The molecule has 0 radical (unpaired) electrons. The predicted molar refractivity (Wildman–Crippen MR) is 103 cm³/mol. The molecule has 3 aromatic rings. The molecule has 0 atom stereocenters. The van der Waals surface area contributed by atoms with E-state index in [4.69, 9.17) is 0 Å². The summed E-state index contributed by atoms with van der Waals surface area (Å²) in [4.78, 5) is 23.4. The highest BCUT2D eigenvalue weighted by Gasteiger charge is 2.23. The van der Waals surface area contributed by atoms with E-state index in [0.717, 1.165) is 32.9 Å². The van der Waals surface area contributed by atoms with Gasteiger partial charge in [-0.25, -0.2) is 14.4 Å². The molecule has 2 aromatic heterocycles. The number of hydrogen-bond acceptors (Lipinski definition) is 4. The van der Waals surface area contributed by atoms with Crippen molar-refractivity contribution in [3.05, 3.63) is 57.6 Å². The summed E-state index contributed by atoms with van der Waals surface area (Å²) in [6, 6.07) is 6.22. The lowest BCUT2D eigenvalue weighted by Crippen LogP contribution is -2.22. The van der Waals surface area contributed by atoms with E-state index in [1.165, 1.54) is 23.5 Å². The number of hydrogen-bond donors (Lipinski definition) is 1. The summed E-state index contributed by atoms with van der Waals surface area (Å²) in [5.74, 6) is 0.289. The maximum absolute atomic E-state index is 13.3. The van der Waals surface area contributed by atoms with Gasteiger partial charge in [-0.15, -0.1) is 11.3 Å². The van der Waals surface area contributed by atoms with Gasteiger partial charge in [-0.2, -0.15) is 0 Å². The minimum Gasteiger partial charge on any atom is -0.347 e. The number of halogens is 1. The van der Waals surface area contributed by atoms with Crippen LogP contribution in [0.2, 0.25) is 0 Å². The Morgan fingerprint density at radius 2 is 1.96 bits per heavy atom. The molecule has 1 aromatic carbocycles. The standard InChI is InChI=1S/C20H22FN3OS/c1-11-15-12(2)23-19(20(3,4)5)24-18(15)26-16(11)17(25)22-10-13-7-6-8-14(21)9-13/h6-9H,10H2,1-5H3,(H,22,25). The van der Waals surface area contributed by atoms with Crippen LogP contribution in [-0.4, -0.2) is 15.9 Å². The van der Waals surface area contributed by atoms with Gasteiger partial charge in [0.25, 0.3) is 5.91 Å². The van der Waals surface area contributed by atoms with Crippen LogP contribution in [0.3, 0.4) is 0 Å². The van der Waals surface area contributed by atoms with E-state index in [1.807, 2.05) is 13.8 Å². The van der Waals surface area contributed by atoms with Gasteiger partial charge in [-0.3, -0.25) is 4.79 Å². The van der Waals surface area contributed by atoms with Gasteiger partial charge in [-0.1, -0.05) is 32.9 Å². The van der Waals surface area contributed by atoms with E-state index in [-0.39, 0.29) is 23.7 Å². The molecule has 0 saturated heterocycles. The summed E-state index contributed by atoms with van der Waals surface area (Å²) in [5.41, 5.74) is 2.34. The number of aryl methyl sites for hydroxylation is 2. The Hall–Kier alpha value is -2.34.